The van der Waals surface area contributed by atoms with E-state index < -0.39 is 0 Å². The zero-order valence-corrected chi connectivity index (χ0v) is 13.6. The largest absolute Gasteiger partial charge is 0.496 e. The monoisotopic (exact) mass is 287 g/mol. The van der Waals surface area contributed by atoms with E-state index in [1.54, 1.807) is 7.11 Å². The van der Waals surface area contributed by atoms with Crippen LogP contribution in [0.1, 0.15) is 13.8 Å². The molecular weight excluding hydrogens is 262 g/mol. The third-order valence-electron chi connectivity index (χ3n) is 3.46. The van der Waals surface area contributed by atoms with E-state index in [9.17, 15) is 0 Å². The lowest BCUT2D eigenvalue weighted by Gasteiger charge is -2.28. The van der Waals surface area contributed by atoms with Gasteiger partial charge in [0.1, 0.15) is 11.6 Å². The van der Waals surface area contributed by atoms with E-state index in [2.05, 4.69) is 49.2 Å². The van der Waals surface area contributed by atoms with Gasteiger partial charge in [-0.05, 0) is 31.6 Å². The Morgan fingerprint density at radius 3 is 2.62 bits per heavy atom. The van der Waals surface area contributed by atoms with Crippen molar-refractivity contribution in [3.8, 4) is 5.75 Å². The molecule has 0 aliphatic carbocycles. The van der Waals surface area contributed by atoms with Crippen molar-refractivity contribution in [3.05, 3.63) is 30.5 Å². The highest BCUT2D eigenvalue weighted by Gasteiger charge is 2.19. The highest BCUT2D eigenvalue weighted by atomic mass is 16.5. The first kappa shape index (κ1) is 15.6. The number of hydrogen-bond donors (Lipinski definition) is 1. The van der Waals surface area contributed by atoms with Gasteiger partial charge in [-0.15, -0.1) is 0 Å². The maximum atomic E-state index is 5.42. The minimum Gasteiger partial charge on any atom is -0.496 e. The molecule has 0 aliphatic heterocycles. The van der Waals surface area contributed by atoms with E-state index in [0.29, 0.717) is 0 Å². The second-order valence-corrected chi connectivity index (χ2v) is 6.47. The van der Waals surface area contributed by atoms with Crippen LogP contribution >= 0.6 is 0 Å². The van der Waals surface area contributed by atoms with Crippen molar-refractivity contribution < 1.29 is 4.74 Å². The van der Waals surface area contributed by atoms with E-state index in [-0.39, 0.29) is 5.41 Å². The highest BCUT2D eigenvalue weighted by Crippen LogP contribution is 2.29. The lowest BCUT2D eigenvalue weighted by molar-refractivity contribution is 0.254. The summed E-state index contributed by atoms with van der Waals surface area (Å²) in [6.07, 6.45) is 1.83. The molecule has 0 aliphatic rings. The Hall–Kier alpha value is -1.81. The van der Waals surface area contributed by atoms with Crippen molar-refractivity contribution in [1.29, 1.82) is 0 Å². The van der Waals surface area contributed by atoms with Gasteiger partial charge >= 0.3 is 0 Å². The number of aromatic nitrogens is 1. The Labute approximate surface area is 127 Å². The van der Waals surface area contributed by atoms with E-state index >= 15 is 0 Å². The topological polar surface area (TPSA) is 37.4 Å². The summed E-state index contributed by atoms with van der Waals surface area (Å²) in [5.41, 5.74) is 0.173. The number of pyridine rings is 1. The van der Waals surface area contributed by atoms with Crippen LogP contribution in [0.3, 0.4) is 0 Å². The van der Waals surface area contributed by atoms with Crippen LogP contribution in [0, 0.1) is 5.41 Å². The number of rotatable bonds is 6. The molecule has 0 saturated carbocycles. The van der Waals surface area contributed by atoms with Crippen molar-refractivity contribution in [2.24, 2.45) is 5.41 Å². The Morgan fingerprint density at radius 2 is 1.95 bits per heavy atom. The number of benzene rings is 1. The van der Waals surface area contributed by atoms with Crippen molar-refractivity contribution in [2.45, 2.75) is 13.8 Å². The molecular formula is C17H25N3O. The Morgan fingerprint density at radius 1 is 1.19 bits per heavy atom. The lowest BCUT2D eigenvalue weighted by atomic mass is 9.93. The number of nitrogens with zero attached hydrogens (tertiary/aromatic N) is 2. The molecule has 21 heavy (non-hydrogen) atoms. The van der Waals surface area contributed by atoms with Gasteiger partial charge in [0.05, 0.1) is 7.11 Å². The van der Waals surface area contributed by atoms with Gasteiger partial charge in [0.2, 0.25) is 0 Å². The van der Waals surface area contributed by atoms with Crippen molar-refractivity contribution in [2.75, 3.05) is 39.6 Å². The predicted molar refractivity (Wildman–Crippen MR) is 89.1 cm³/mol. The van der Waals surface area contributed by atoms with Gasteiger partial charge in [0.15, 0.2) is 0 Å². The standard InChI is InChI=1S/C17H25N3O/c1-17(2,12-20(3)4)11-19-16-14-7-6-8-15(21-5)13(14)9-10-18-16/h6-10H,11-12H2,1-5H3,(H,18,19). The summed E-state index contributed by atoms with van der Waals surface area (Å²) in [5, 5.41) is 5.67. The molecule has 4 nitrogen and oxygen atoms in total. The number of methoxy groups -OCH3 is 1. The predicted octanol–water partition coefficient (Wildman–Crippen LogP) is 3.24. The molecule has 2 aromatic rings. The maximum absolute atomic E-state index is 5.42. The number of ether oxygens (including phenoxy) is 1. The van der Waals surface area contributed by atoms with Gasteiger partial charge in [-0.2, -0.15) is 0 Å². The smallest absolute Gasteiger partial charge is 0.133 e. The zero-order chi connectivity index (χ0) is 15.5. The summed E-state index contributed by atoms with van der Waals surface area (Å²) in [6, 6.07) is 8.04. The first-order chi connectivity index (χ1) is 9.93. The average Bonchev–Trinajstić information content (AvgIpc) is 2.43. The fourth-order valence-electron chi connectivity index (χ4n) is 2.73. The van der Waals surface area contributed by atoms with E-state index in [4.69, 9.17) is 4.74 Å². The maximum Gasteiger partial charge on any atom is 0.133 e. The molecule has 0 radical (unpaired) electrons. The van der Waals surface area contributed by atoms with Gasteiger partial charge in [0, 0.05) is 30.1 Å². The number of nitrogens with one attached hydrogen (secondary N) is 1. The zero-order valence-electron chi connectivity index (χ0n) is 13.6. The molecule has 0 bridgehead atoms. The van der Waals surface area contributed by atoms with E-state index in [1.807, 2.05) is 24.4 Å². The second-order valence-electron chi connectivity index (χ2n) is 6.47. The van der Waals surface area contributed by atoms with Gasteiger partial charge in [-0.3, -0.25) is 0 Å². The van der Waals surface area contributed by atoms with Crippen molar-refractivity contribution in [3.63, 3.8) is 0 Å². The molecule has 0 spiro atoms. The summed E-state index contributed by atoms with van der Waals surface area (Å²) in [5.74, 6) is 1.80. The first-order valence-corrected chi connectivity index (χ1v) is 7.23. The highest BCUT2D eigenvalue weighted by molar-refractivity contribution is 5.95. The van der Waals surface area contributed by atoms with Crippen LogP contribution < -0.4 is 10.1 Å². The van der Waals surface area contributed by atoms with Crippen molar-refractivity contribution in [1.82, 2.24) is 9.88 Å². The Bertz CT molecular complexity index is 608. The minimum absolute atomic E-state index is 0.173. The molecule has 0 amide bonds. The van der Waals surface area contributed by atoms with E-state index in [0.717, 1.165) is 35.4 Å². The molecule has 0 atom stereocenters. The van der Waals surface area contributed by atoms with Crippen LogP contribution in [-0.2, 0) is 0 Å². The molecule has 0 fully saturated rings. The molecule has 0 saturated heterocycles. The Balaban J connectivity index is 2.23. The third-order valence-corrected chi connectivity index (χ3v) is 3.46. The third kappa shape index (κ3) is 3.85. The second kappa shape index (κ2) is 6.31. The van der Waals surface area contributed by atoms with Crippen LogP contribution in [0.2, 0.25) is 0 Å². The SMILES string of the molecule is COc1cccc2c(NCC(C)(C)CN(C)C)nccc12. The Kier molecular flexibility index (Phi) is 4.68. The van der Waals surface area contributed by atoms with Crippen molar-refractivity contribution >= 4 is 16.6 Å². The van der Waals surface area contributed by atoms with Gasteiger partial charge in [-0.25, -0.2) is 4.98 Å². The van der Waals surface area contributed by atoms with Gasteiger partial charge < -0.3 is 15.0 Å². The molecule has 1 N–H and O–H groups in total. The molecule has 114 valence electrons. The quantitative estimate of drug-likeness (QED) is 0.885. The number of fused-ring (bicyclic) bond motifs is 1. The molecule has 0 unspecified atom stereocenters. The molecule has 4 heteroatoms. The lowest BCUT2D eigenvalue weighted by Crippen LogP contribution is -2.34. The summed E-state index contributed by atoms with van der Waals surface area (Å²) in [7, 11) is 5.90. The number of hydrogen-bond acceptors (Lipinski definition) is 4. The van der Waals surface area contributed by atoms with Gasteiger partial charge in [-0.1, -0.05) is 26.0 Å². The fourth-order valence-corrected chi connectivity index (χ4v) is 2.73. The molecule has 1 heterocycles. The fraction of sp³-hybridized carbons (Fsp3) is 0.471. The summed E-state index contributed by atoms with van der Waals surface area (Å²) in [4.78, 5) is 6.69. The van der Waals surface area contributed by atoms with Gasteiger partial charge in [0.25, 0.3) is 0 Å². The summed E-state index contributed by atoms with van der Waals surface area (Å²) >= 11 is 0. The van der Waals surface area contributed by atoms with Crippen LogP contribution in [0.5, 0.6) is 5.75 Å². The van der Waals surface area contributed by atoms with Crippen LogP contribution in [-0.4, -0.2) is 44.2 Å². The molecule has 1 aromatic heterocycles. The average molecular weight is 287 g/mol. The normalized spacial score (nSPS) is 11.9. The number of anilines is 1. The molecule has 2 rings (SSSR count). The summed E-state index contributed by atoms with van der Waals surface area (Å²) in [6.45, 7) is 6.40. The van der Waals surface area contributed by atoms with Crippen LogP contribution in [0.25, 0.3) is 10.8 Å². The molecule has 1 aromatic carbocycles. The van der Waals surface area contributed by atoms with Crippen LogP contribution in [0.15, 0.2) is 30.5 Å². The summed E-state index contributed by atoms with van der Waals surface area (Å²) < 4.78 is 5.42. The minimum atomic E-state index is 0.173. The van der Waals surface area contributed by atoms with Crippen LogP contribution in [0.4, 0.5) is 5.82 Å². The van der Waals surface area contributed by atoms with E-state index in [1.165, 1.54) is 0 Å². The first-order valence-electron chi connectivity index (χ1n) is 7.23.